The molecule has 0 bridgehead atoms. The predicted molar refractivity (Wildman–Crippen MR) is 74.7 cm³/mol. The summed E-state index contributed by atoms with van der Waals surface area (Å²) in [6.45, 7) is 3.66. The molecule has 0 amide bonds. The molecule has 22 heavy (non-hydrogen) atoms. The highest BCUT2D eigenvalue weighted by Gasteiger charge is 2.46. The topological polar surface area (TPSA) is 64.0 Å². The molecule has 2 atom stereocenters. The van der Waals surface area contributed by atoms with E-state index in [-0.39, 0.29) is 23.8 Å². The Morgan fingerprint density at radius 3 is 2.50 bits per heavy atom. The summed E-state index contributed by atoms with van der Waals surface area (Å²) in [5.74, 6) is -1.63. The Balaban J connectivity index is 2.19. The maximum Gasteiger partial charge on any atom is 0.393 e. The first-order valence-electron chi connectivity index (χ1n) is 7.24. The van der Waals surface area contributed by atoms with Crippen LogP contribution in [0.5, 0.6) is 0 Å². The SMILES string of the molecule is CC(C)n1cc(S(=O)(=O)N[C@@H]2CCCC[C@@H]2C(F)(F)F)cn1. The second kappa shape index (κ2) is 6.19. The summed E-state index contributed by atoms with van der Waals surface area (Å²) in [4.78, 5) is -0.104. The maximum absolute atomic E-state index is 13.0. The lowest BCUT2D eigenvalue weighted by atomic mass is 9.85. The van der Waals surface area contributed by atoms with Crippen molar-refractivity contribution in [3.05, 3.63) is 12.4 Å². The fraction of sp³-hybridized carbons (Fsp3) is 0.769. The molecule has 0 unspecified atom stereocenters. The van der Waals surface area contributed by atoms with E-state index in [4.69, 9.17) is 0 Å². The summed E-state index contributed by atoms with van der Waals surface area (Å²) in [5, 5.41) is 3.92. The van der Waals surface area contributed by atoms with Gasteiger partial charge in [0.15, 0.2) is 0 Å². The third kappa shape index (κ3) is 3.81. The third-order valence-corrected chi connectivity index (χ3v) is 5.35. The third-order valence-electron chi connectivity index (χ3n) is 3.91. The van der Waals surface area contributed by atoms with Crippen molar-refractivity contribution >= 4 is 10.0 Å². The summed E-state index contributed by atoms with van der Waals surface area (Å²) in [7, 11) is -4.00. The van der Waals surface area contributed by atoms with E-state index in [1.807, 2.05) is 13.8 Å². The van der Waals surface area contributed by atoms with Gasteiger partial charge >= 0.3 is 6.18 Å². The van der Waals surface area contributed by atoms with Gasteiger partial charge in [0.25, 0.3) is 0 Å². The molecule has 1 fully saturated rings. The highest BCUT2D eigenvalue weighted by atomic mass is 32.2. The van der Waals surface area contributed by atoms with Crippen molar-refractivity contribution in [2.75, 3.05) is 0 Å². The standard InChI is InChI=1S/C13H20F3N3O2S/c1-9(2)19-8-10(7-17-19)22(20,21)18-12-6-4-3-5-11(12)13(14,15)16/h7-9,11-12,18H,3-6H2,1-2H3/t11-,12+/m0/s1. The number of hydrogen-bond donors (Lipinski definition) is 1. The molecule has 0 spiro atoms. The first-order valence-corrected chi connectivity index (χ1v) is 8.73. The minimum atomic E-state index is -4.39. The Labute approximate surface area is 127 Å². The Morgan fingerprint density at radius 1 is 1.32 bits per heavy atom. The van der Waals surface area contributed by atoms with Crippen molar-refractivity contribution in [3.63, 3.8) is 0 Å². The van der Waals surface area contributed by atoms with E-state index in [1.54, 1.807) is 0 Å². The largest absolute Gasteiger partial charge is 0.393 e. The molecule has 0 aromatic carbocycles. The Bertz CT molecular complexity index is 610. The van der Waals surface area contributed by atoms with Crippen molar-refractivity contribution < 1.29 is 21.6 Å². The molecule has 0 radical (unpaired) electrons. The lowest BCUT2D eigenvalue weighted by Gasteiger charge is -2.33. The molecule has 1 N–H and O–H groups in total. The van der Waals surface area contributed by atoms with E-state index in [0.717, 1.165) is 6.20 Å². The van der Waals surface area contributed by atoms with E-state index in [9.17, 15) is 21.6 Å². The number of alkyl halides is 3. The quantitative estimate of drug-likeness (QED) is 0.917. The fourth-order valence-corrected chi connectivity index (χ4v) is 3.92. The van der Waals surface area contributed by atoms with Gasteiger partial charge in [-0.25, -0.2) is 13.1 Å². The number of hydrogen-bond acceptors (Lipinski definition) is 3. The van der Waals surface area contributed by atoms with Gasteiger partial charge < -0.3 is 0 Å². The van der Waals surface area contributed by atoms with Gasteiger partial charge in [-0.1, -0.05) is 12.8 Å². The minimum absolute atomic E-state index is 0.0263. The monoisotopic (exact) mass is 339 g/mol. The van der Waals surface area contributed by atoms with Gasteiger partial charge in [0, 0.05) is 18.3 Å². The van der Waals surface area contributed by atoms with E-state index in [0.29, 0.717) is 12.8 Å². The average molecular weight is 339 g/mol. The Kier molecular flexibility index (Phi) is 4.86. The lowest BCUT2D eigenvalue weighted by molar-refractivity contribution is -0.187. The van der Waals surface area contributed by atoms with Crippen molar-refractivity contribution in [2.45, 2.75) is 62.7 Å². The van der Waals surface area contributed by atoms with Crippen molar-refractivity contribution in [3.8, 4) is 0 Å². The first-order chi connectivity index (χ1) is 10.1. The molecular formula is C13H20F3N3O2S. The number of rotatable bonds is 4. The molecule has 9 heteroatoms. The van der Waals surface area contributed by atoms with Crippen LogP contribution in [0.4, 0.5) is 13.2 Å². The second-order valence-electron chi connectivity index (χ2n) is 5.91. The van der Waals surface area contributed by atoms with Crippen LogP contribution >= 0.6 is 0 Å². The van der Waals surface area contributed by atoms with Crippen LogP contribution in [-0.4, -0.2) is 30.4 Å². The number of nitrogens with zero attached hydrogens (tertiary/aromatic N) is 2. The van der Waals surface area contributed by atoms with Gasteiger partial charge in [-0.3, -0.25) is 4.68 Å². The van der Waals surface area contributed by atoms with Crippen LogP contribution in [0.25, 0.3) is 0 Å². The average Bonchev–Trinajstić information content (AvgIpc) is 2.88. The van der Waals surface area contributed by atoms with Gasteiger partial charge in [-0.05, 0) is 26.7 Å². The van der Waals surface area contributed by atoms with Crippen LogP contribution in [-0.2, 0) is 10.0 Å². The Hall–Kier alpha value is -1.09. The van der Waals surface area contributed by atoms with Crippen LogP contribution in [0, 0.1) is 5.92 Å². The molecule has 1 aliphatic rings. The molecule has 1 heterocycles. The molecule has 1 aromatic rings. The summed E-state index contributed by atoms with van der Waals surface area (Å²) >= 11 is 0. The molecule has 1 aliphatic carbocycles. The molecule has 1 saturated carbocycles. The second-order valence-corrected chi connectivity index (χ2v) is 7.62. The summed E-state index contributed by atoms with van der Waals surface area (Å²) < 4.78 is 67.3. The molecule has 0 saturated heterocycles. The Morgan fingerprint density at radius 2 is 1.95 bits per heavy atom. The highest BCUT2D eigenvalue weighted by Crippen LogP contribution is 2.38. The first kappa shape index (κ1) is 17.3. The summed E-state index contributed by atoms with van der Waals surface area (Å²) in [6, 6.07) is -1.14. The van der Waals surface area contributed by atoms with Crippen LogP contribution in [0.1, 0.15) is 45.6 Å². The van der Waals surface area contributed by atoms with Crippen LogP contribution < -0.4 is 4.72 Å². The van der Waals surface area contributed by atoms with E-state index in [2.05, 4.69) is 9.82 Å². The van der Waals surface area contributed by atoms with Gasteiger partial charge in [-0.15, -0.1) is 0 Å². The number of nitrogens with one attached hydrogen (secondary N) is 1. The molecule has 126 valence electrons. The molecule has 2 rings (SSSR count). The van der Waals surface area contributed by atoms with Gasteiger partial charge in [0.05, 0.1) is 12.1 Å². The molecule has 1 aromatic heterocycles. The van der Waals surface area contributed by atoms with E-state index >= 15 is 0 Å². The number of sulfonamides is 1. The highest BCUT2D eigenvalue weighted by molar-refractivity contribution is 7.89. The summed E-state index contributed by atoms with van der Waals surface area (Å²) in [5.41, 5.74) is 0. The number of halogens is 3. The van der Waals surface area contributed by atoms with Crippen molar-refractivity contribution in [1.29, 1.82) is 0 Å². The fourth-order valence-electron chi connectivity index (χ4n) is 2.67. The zero-order valence-electron chi connectivity index (χ0n) is 12.5. The normalized spacial score (nSPS) is 23.9. The molecular weight excluding hydrogens is 319 g/mol. The molecule has 0 aliphatic heterocycles. The van der Waals surface area contributed by atoms with Gasteiger partial charge in [0.2, 0.25) is 10.0 Å². The van der Waals surface area contributed by atoms with E-state index < -0.39 is 28.2 Å². The zero-order chi connectivity index (χ0) is 16.5. The zero-order valence-corrected chi connectivity index (χ0v) is 13.3. The van der Waals surface area contributed by atoms with Gasteiger partial charge in [0.1, 0.15) is 4.90 Å². The maximum atomic E-state index is 13.0. The van der Waals surface area contributed by atoms with Gasteiger partial charge in [-0.2, -0.15) is 18.3 Å². The van der Waals surface area contributed by atoms with Crippen LogP contribution in [0.3, 0.4) is 0 Å². The minimum Gasteiger partial charge on any atom is -0.269 e. The predicted octanol–water partition coefficient (Wildman–Crippen LogP) is 2.86. The summed E-state index contributed by atoms with van der Waals surface area (Å²) in [6.07, 6.45) is -0.690. The molecule has 5 nitrogen and oxygen atoms in total. The van der Waals surface area contributed by atoms with E-state index in [1.165, 1.54) is 10.9 Å². The lowest BCUT2D eigenvalue weighted by Crippen LogP contribution is -2.47. The van der Waals surface area contributed by atoms with Crippen LogP contribution in [0.15, 0.2) is 17.3 Å². The smallest absolute Gasteiger partial charge is 0.269 e. The number of aromatic nitrogens is 2. The van der Waals surface area contributed by atoms with Crippen LogP contribution in [0.2, 0.25) is 0 Å². The van der Waals surface area contributed by atoms with Crippen molar-refractivity contribution in [1.82, 2.24) is 14.5 Å². The van der Waals surface area contributed by atoms with Crippen molar-refractivity contribution in [2.24, 2.45) is 5.92 Å².